The van der Waals surface area contributed by atoms with Gasteiger partial charge in [0.1, 0.15) is 5.82 Å². The molecule has 0 aliphatic heterocycles. The molecule has 0 unspecified atom stereocenters. The third kappa shape index (κ3) is 10.0. The molecule has 0 aliphatic rings. The first kappa shape index (κ1) is 25.5. The van der Waals surface area contributed by atoms with E-state index in [1.807, 2.05) is 0 Å². The SMILES string of the molecule is CCCCCOCCCCCNNC(=O)c1ccc(CNC(=O)c2ccc(F)cc2)cc1. The molecule has 0 radical (unpaired) electrons. The van der Waals surface area contributed by atoms with E-state index in [0.29, 0.717) is 24.2 Å². The van der Waals surface area contributed by atoms with Crippen LogP contribution in [-0.2, 0) is 11.3 Å². The number of hydrogen-bond donors (Lipinski definition) is 3. The Morgan fingerprint density at radius 2 is 1.44 bits per heavy atom. The van der Waals surface area contributed by atoms with E-state index in [2.05, 4.69) is 23.1 Å². The first-order valence-corrected chi connectivity index (χ1v) is 11.3. The molecule has 0 aromatic heterocycles. The van der Waals surface area contributed by atoms with Gasteiger partial charge in [0, 0.05) is 37.4 Å². The maximum atomic E-state index is 12.9. The van der Waals surface area contributed by atoms with E-state index >= 15 is 0 Å². The van der Waals surface area contributed by atoms with Crippen LogP contribution in [0, 0.1) is 5.82 Å². The van der Waals surface area contributed by atoms with Crippen LogP contribution in [-0.4, -0.2) is 31.6 Å². The maximum absolute atomic E-state index is 12.9. The van der Waals surface area contributed by atoms with Gasteiger partial charge in [-0.05, 0) is 67.6 Å². The van der Waals surface area contributed by atoms with Crippen molar-refractivity contribution in [1.29, 1.82) is 0 Å². The van der Waals surface area contributed by atoms with Crippen molar-refractivity contribution in [1.82, 2.24) is 16.2 Å². The standard InChI is InChI=1S/C25H34FN3O3/c1-2-3-6-17-32-18-7-4-5-16-28-29-25(31)22-10-8-20(9-11-22)19-27-24(30)21-12-14-23(26)15-13-21/h8-15,28H,2-7,16-19H2,1H3,(H,27,30)(H,29,31). The lowest BCUT2D eigenvalue weighted by molar-refractivity contribution is 0.0928. The van der Waals surface area contributed by atoms with Crippen LogP contribution in [0.2, 0.25) is 0 Å². The van der Waals surface area contributed by atoms with Crippen molar-refractivity contribution in [3.05, 3.63) is 71.0 Å². The van der Waals surface area contributed by atoms with Gasteiger partial charge < -0.3 is 10.1 Å². The van der Waals surface area contributed by atoms with Crippen LogP contribution in [0.4, 0.5) is 4.39 Å². The number of nitrogens with one attached hydrogen (secondary N) is 3. The fourth-order valence-electron chi connectivity index (χ4n) is 3.03. The van der Waals surface area contributed by atoms with Gasteiger partial charge in [-0.2, -0.15) is 0 Å². The molecule has 2 rings (SSSR count). The van der Waals surface area contributed by atoms with E-state index in [1.54, 1.807) is 24.3 Å². The Balaban J connectivity index is 1.57. The molecule has 0 aliphatic carbocycles. The van der Waals surface area contributed by atoms with Gasteiger partial charge in [-0.15, -0.1) is 0 Å². The average molecular weight is 444 g/mol. The predicted octanol–water partition coefficient (Wildman–Crippen LogP) is 4.37. The quantitative estimate of drug-likeness (QED) is 0.282. The summed E-state index contributed by atoms with van der Waals surface area (Å²) in [5.41, 5.74) is 7.45. The fourth-order valence-corrected chi connectivity index (χ4v) is 3.03. The number of hydrogen-bond acceptors (Lipinski definition) is 4. The van der Waals surface area contributed by atoms with Crippen LogP contribution >= 0.6 is 0 Å². The third-order valence-corrected chi connectivity index (χ3v) is 4.96. The number of unbranched alkanes of at least 4 members (excludes halogenated alkanes) is 4. The Hall–Kier alpha value is -2.77. The number of carbonyl (C=O) groups excluding carboxylic acids is 2. The summed E-state index contributed by atoms with van der Waals surface area (Å²) in [6.07, 6.45) is 6.61. The molecule has 0 saturated carbocycles. The topological polar surface area (TPSA) is 79.5 Å². The van der Waals surface area contributed by atoms with Crippen LogP contribution in [0.25, 0.3) is 0 Å². The predicted molar refractivity (Wildman–Crippen MR) is 124 cm³/mol. The number of benzene rings is 2. The van der Waals surface area contributed by atoms with E-state index in [4.69, 9.17) is 4.74 Å². The molecular formula is C25H34FN3O3. The van der Waals surface area contributed by atoms with Gasteiger partial charge in [0.2, 0.25) is 0 Å². The third-order valence-electron chi connectivity index (χ3n) is 4.96. The molecule has 0 fully saturated rings. The van der Waals surface area contributed by atoms with Gasteiger partial charge in [-0.1, -0.05) is 31.9 Å². The minimum absolute atomic E-state index is 0.203. The van der Waals surface area contributed by atoms with Crippen molar-refractivity contribution in [3.63, 3.8) is 0 Å². The molecule has 2 amide bonds. The zero-order chi connectivity index (χ0) is 23.0. The summed E-state index contributed by atoms with van der Waals surface area (Å²) in [5, 5.41) is 2.78. The monoisotopic (exact) mass is 443 g/mol. The van der Waals surface area contributed by atoms with Crippen molar-refractivity contribution < 1.29 is 18.7 Å². The summed E-state index contributed by atoms with van der Waals surface area (Å²) in [6, 6.07) is 12.4. The van der Waals surface area contributed by atoms with E-state index in [0.717, 1.165) is 44.5 Å². The Kier molecular flexibility index (Phi) is 12.0. The summed E-state index contributed by atoms with van der Waals surface area (Å²) >= 11 is 0. The van der Waals surface area contributed by atoms with Crippen LogP contribution in [0.3, 0.4) is 0 Å². The van der Waals surface area contributed by atoms with Gasteiger partial charge in [0.05, 0.1) is 0 Å². The maximum Gasteiger partial charge on any atom is 0.265 e. The second-order valence-electron chi connectivity index (χ2n) is 7.65. The molecule has 6 nitrogen and oxygen atoms in total. The normalized spacial score (nSPS) is 10.7. The molecule has 0 saturated heterocycles. The molecule has 7 heteroatoms. The molecule has 32 heavy (non-hydrogen) atoms. The fraction of sp³-hybridized carbons (Fsp3) is 0.440. The Morgan fingerprint density at radius 1 is 0.812 bits per heavy atom. The lowest BCUT2D eigenvalue weighted by atomic mass is 10.1. The number of hydrazine groups is 1. The first-order chi connectivity index (χ1) is 15.6. The molecule has 0 bridgehead atoms. The Bertz CT molecular complexity index is 810. The van der Waals surface area contributed by atoms with Gasteiger partial charge >= 0.3 is 0 Å². The van der Waals surface area contributed by atoms with Crippen LogP contribution in [0.15, 0.2) is 48.5 Å². The summed E-state index contributed by atoms with van der Waals surface area (Å²) < 4.78 is 18.5. The summed E-state index contributed by atoms with van der Waals surface area (Å²) in [5.74, 6) is -0.863. The van der Waals surface area contributed by atoms with Crippen molar-refractivity contribution >= 4 is 11.8 Å². The van der Waals surface area contributed by atoms with E-state index in [-0.39, 0.29) is 17.6 Å². The smallest absolute Gasteiger partial charge is 0.265 e. The van der Waals surface area contributed by atoms with Gasteiger partial charge in [-0.25, -0.2) is 9.82 Å². The number of halogens is 1. The molecule has 2 aromatic rings. The van der Waals surface area contributed by atoms with Crippen molar-refractivity contribution in [2.24, 2.45) is 0 Å². The molecule has 2 aromatic carbocycles. The van der Waals surface area contributed by atoms with Gasteiger partial charge in [0.15, 0.2) is 0 Å². The largest absolute Gasteiger partial charge is 0.381 e. The van der Waals surface area contributed by atoms with Gasteiger partial charge in [-0.3, -0.25) is 15.0 Å². The van der Waals surface area contributed by atoms with Gasteiger partial charge in [0.25, 0.3) is 11.8 Å². The zero-order valence-corrected chi connectivity index (χ0v) is 18.8. The molecule has 0 spiro atoms. The van der Waals surface area contributed by atoms with E-state index in [1.165, 1.54) is 37.1 Å². The molecule has 174 valence electrons. The highest BCUT2D eigenvalue weighted by molar-refractivity contribution is 5.94. The highest BCUT2D eigenvalue weighted by Gasteiger charge is 2.07. The lowest BCUT2D eigenvalue weighted by Crippen LogP contribution is -2.37. The first-order valence-electron chi connectivity index (χ1n) is 11.3. The van der Waals surface area contributed by atoms with Crippen LogP contribution < -0.4 is 16.2 Å². The van der Waals surface area contributed by atoms with Crippen molar-refractivity contribution in [2.75, 3.05) is 19.8 Å². The molecular weight excluding hydrogens is 409 g/mol. The second-order valence-corrected chi connectivity index (χ2v) is 7.65. The summed E-state index contributed by atoms with van der Waals surface area (Å²) in [7, 11) is 0. The highest BCUT2D eigenvalue weighted by Crippen LogP contribution is 2.06. The zero-order valence-electron chi connectivity index (χ0n) is 18.8. The number of carbonyl (C=O) groups is 2. The van der Waals surface area contributed by atoms with Crippen molar-refractivity contribution in [3.8, 4) is 0 Å². The van der Waals surface area contributed by atoms with E-state index in [9.17, 15) is 14.0 Å². The minimum atomic E-state index is -0.382. The van der Waals surface area contributed by atoms with Crippen molar-refractivity contribution in [2.45, 2.75) is 52.0 Å². The number of ether oxygens (including phenoxy) is 1. The Morgan fingerprint density at radius 3 is 2.12 bits per heavy atom. The van der Waals surface area contributed by atoms with E-state index < -0.39 is 0 Å². The summed E-state index contributed by atoms with van der Waals surface area (Å²) in [6.45, 7) is 4.85. The number of amides is 2. The molecule has 3 N–H and O–H groups in total. The Labute approximate surface area is 189 Å². The number of rotatable bonds is 15. The second kappa shape index (κ2) is 15.1. The molecule has 0 heterocycles. The average Bonchev–Trinajstić information content (AvgIpc) is 2.81. The minimum Gasteiger partial charge on any atom is -0.381 e. The summed E-state index contributed by atoms with van der Waals surface area (Å²) in [4.78, 5) is 24.3. The van der Waals surface area contributed by atoms with Crippen LogP contribution in [0.5, 0.6) is 0 Å². The van der Waals surface area contributed by atoms with Crippen LogP contribution in [0.1, 0.15) is 71.7 Å². The highest BCUT2D eigenvalue weighted by atomic mass is 19.1. The molecule has 0 atom stereocenters. The lowest BCUT2D eigenvalue weighted by Gasteiger charge is -2.09.